The molecule has 0 fully saturated rings. The maximum Gasteiger partial charge on any atom is 0.247 e. The van der Waals surface area contributed by atoms with E-state index in [-0.39, 0.29) is 5.91 Å². The van der Waals surface area contributed by atoms with Crippen LogP contribution in [0.4, 0.5) is 14.5 Å². The average Bonchev–Trinajstić information content (AvgIpc) is 3.31. The maximum absolute atomic E-state index is 13.9. The number of imidazole rings is 1. The number of rotatable bonds is 4. The number of aromatic amines is 1. The first-order chi connectivity index (χ1) is 13.9. The molecule has 4 aromatic rings. The van der Waals surface area contributed by atoms with Crippen LogP contribution in [0.5, 0.6) is 0 Å². The molecule has 1 amide bonds. The third kappa shape index (κ3) is 3.52. The quantitative estimate of drug-likeness (QED) is 0.353. The molecule has 0 unspecified atom stereocenters. The number of benzene rings is 2. The van der Waals surface area contributed by atoms with E-state index in [1.807, 2.05) is 13.2 Å². The van der Waals surface area contributed by atoms with E-state index >= 15 is 0 Å². The fourth-order valence-corrected chi connectivity index (χ4v) is 3.24. The Balaban J connectivity index is 1.92. The van der Waals surface area contributed by atoms with Crippen molar-refractivity contribution in [3.8, 4) is 22.5 Å². The largest absolute Gasteiger partial charge is 0.354 e. The van der Waals surface area contributed by atoms with Gasteiger partial charge in [-0.15, -0.1) is 0 Å². The molecule has 0 bridgehead atoms. The first kappa shape index (κ1) is 18.9. The summed E-state index contributed by atoms with van der Waals surface area (Å²) in [6.07, 6.45) is 4.66. The van der Waals surface area contributed by atoms with Crippen molar-refractivity contribution < 1.29 is 13.6 Å². The fourth-order valence-electron chi connectivity index (χ4n) is 3.13. The molecule has 2 aromatic carbocycles. The van der Waals surface area contributed by atoms with Crippen LogP contribution in [0.2, 0.25) is 5.02 Å². The molecule has 5 nitrogen and oxygen atoms in total. The van der Waals surface area contributed by atoms with E-state index in [0.717, 1.165) is 23.1 Å². The Morgan fingerprint density at radius 2 is 1.97 bits per heavy atom. The van der Waals surface area contributed by atoms with Crippen LogP contribution in [-0.2, 0) is 11.8 Å². The molecule has 4 rings (SSSR count). The normalized spacial score (nSPS) is 11.0. The van der Waals surface area contributed by atoms with Gasteiger partial charge in [0.25, 0.3) is 0 Å². The van der Waals surface area contributed by atoms with E-state index < -0.39 is 16.7 Å². The zero-order chi connectivity index (χ0) is 20.7. The predicted octanol–water partition coefficient (Wildman–Crippen LogP) is 5.29. The Labute approximate surface area is 169 Å². The minimum absolute atomic E-state index is 0.309. The van der Waals surface area contributed by atoms with Gasteiger partial charge in [0.05, 0.1) is 17.5 Å². The molecule has 29 heavy (non-hydrogen) atoms. The lowest BCUT2D eigenvalue weighted by Crippen LogP contribution is -2.07. The minimum atomic E-state index is -0.843. The number of nitrogens with one attached hydrogen (secondary N) is 2. The van der Waals surface area contributed by atoms with Crippen LogP contribution in [-0.4, -0.2) is 20.4 Å². The number of aromatic nitrogens is 3. The molecule has 146 valence electrons. The number of fused-ring (bicyclic) bond motifs is 1. The van der Waals surface area contributed by atoms with Crippen molar-refractivity contribution in [1.29, 1.82) is 0 Å². The fraction of sp³-hybridized carbons (Fsp3) is 0.0476. The van der Waals surface area contributed by atoms with Crippen LogP contribution in [0, 0.1) is 11.6 Å². The molecule has 8 heteroatoms. The van der Waals surface area contributed by atoms with Gasteiger partial charge < -0.3 is 14.9 Å². The second-order valence-corrected chi connectivity index (χ2v) is 6.92. The smallest absolute Gasteiger partial charge is 0.247 e. The van der Waals surface area contributed by atoms with Crippen LogP contribution in [0.25, 0.3) is 33.4 Å². The first-order valence-electron chi connectivity index (χ1n) is 8.59. The van der Waals surface area contributed by atoms with E-state index in [1.165, 1.54) is 6.08 Å². The molecule has 2 N–H and O–H groups in total. The molecule has 2 heterocycles. The molecule has 0 aliphatic heterocycles. The van der Waals surface area contributed by atoms with Crippen LogP contribution in [0.15, 0.2) is 55.5 Å². The van der Waals surface area contributed by atoms with E-state index in [4.69, 9.17) is 11.6 Å². The molecule has 0 saturated heterocycles. The van der Waals surface area contributed by atoms with Crippen LogP contribution >= 0.6 is 11.6 Å². The highest BCUT2D eigenvalue weighted by Gasteiger charge is 2.16. The number of aryl methyl sites for hydroxylation is 1. The topological polar surface area (TPSA) is 62.7 Å². The van der Waals surface area contributed by atoms with Crippen molar-refractivity contribution in [3.05, 3.63) is 72.2 Å². The molecular formula is C21H15ClF2N4O. The average molecular weight is 413 g/mol. The van der Waals surface area contributed by atoms with Gasteiger partial charge in [-0.1, -0.05) is 18.2 Å². The molecule has 0 saturated carbocycles. The first-order valence-corrected chi connectivity index (χ1v) is 8.97. The van der Waals surface area contributed by atoms with Gasteiger partial charge in [-0.2, -0.15) is 0 Å². The number of carbonyl (C=O) groups excluding carboxylic acids is 1. The number of anilines is 1. The number of carbonyl (C=O) groups is 1. The summed E-state index contributed by atoms with van der Waals surface area (Å²) in [6, 6.07) is 7.60. The van der Waals surface area contributed by atoms with E-state index in [2.05, 4.69) is 21.9 Å². The van der Waals surface area contributed by atoms with Crippen molar-refractivity contribution in [2.45, 2.75) is 0 Å². The van der Waals surface area contributed by atoms with Crippen molar-refractivity contribution in [1.82, 2.24) is 14.5 Å². The number of halogens is 3. The van der Waals surface area contributed by atoms with Crippen molar-refractivity contribution in [2.75, 3.05) is 5.32 Å². The zero-order valence-electron chi connectivity index (χ0n) is 15.3. The maximum atomic E-state index is 13.9. The third-order valence-corrected chi connectivity index (χ3v) is 4.82. The summed E-state index contributed by atoms with van der Waals surface area (Å²) in [7, 11) is 1.84. The number of hydrogen-bond acceptors (Lipinski definition) is 2. The summed E-state index contributed by atoms with van der Waals surface area (Å²) >= 11 is 5.59. The number of nitrogens with zero attached hydrogens (tertiary/aromatic N) is 2. The van der Waals surface area contributed by atoms with Crippen LogP contribution in [0.1, 0.15) is 0 Å². The Hall–Kier alpha value is -3.45. The molecule has 0 spiro atoms. The summed E-state index contributed by atoms with van der Waals surface area (Å²) in [4.78, 5) is 19.3. The Morgan fingerprint density at radius 3 is 2.59 bits per heavy atom. The van der Waals surface area contributed by atoms with Gasteiger partial charge in [0.1, 0.15) is 16.7 Å². The Bertz CT molecular complexity index is 1250. The minimum Gasteiger partial charge on any atom is -0.354 e. The third-order valence-electron chi connectivity index (χ3n) is 4.46. The van der Waals surface area contributed by atoms with Gasteiger partial charge >= 0.3 is 0 Å². The lowest BCUT2D eigenvalue weighted by Gasteiger charge is -2.07. The molecule has 0 aliphatic carbocycles. The lowest BCUT2D eigenvalue weighted by molar-refractivity contribution is -0.111. The number of amides is 1. The monoisotopic (exact) mass is 412 g/mol. The number of H-pyrrole nitrogens is 1. The van der Waals surface area contributed by atoms with Gasteiger partial charge in [0.2, 0.25) is 5.91 Å². The van der Waals surface area contributed by atoms with Crippen molar-refractivity contribution in [2.24, 2.45) is 7.05 Å². The van der Waals surface area contributed by atoms with Crippen molar-refractivity contribution in [3.63, 3.8) is 0 Å². The summed E-state index contributed by atoms with van der Waals surface area (Å²) in [6.45, 7) is 3.45. The lowest BCUT2D eigenvalue weighted by atomic mass is 10.1. The zero-order valence-corrected chi connectivity index (χ0v) is 16.0. The highest BCUT2D eigenvalue weighted by atomic mass is 35.5. The Kier molecular flexibility index (Phi) is 4.68. The van der Waals surface area contributed by atoms with Crippen LogP contribution in [0.3, 0.4) is 0 Å². The highest BCUT2D eigenvalue weighted by Crippen LogP contribution is 2.35. The van der Waals surface area contributed by atoms with Gasteiger partial charge in [-0.05, 0) is 36.4 Å². The van der Waals surface area contributed by atoms with E-state index in [1.54, 1.807) is 29.1 Å². The van der Waals surface area contributed by atoms with Gasteiger partial charge in [0, 0.05) is 41.1 Å². The Morgan fingerprint density at radius 1 is 1.24 bits per heavy atom. The van der Waals surface area contributed by atoms with Gasteiger partial charge in [-0.25, -0.2) is 13.8 Å². The molecule has 2 aromatic heterocycles. The molecule has 0 radical (unpaired) electrons. The predicted molar refractivity (Wildman–Crippen MR) is 110 cm³/mol. The molecular weight excluding hydrogens is 398 g/mol. The number of hydrogen-bond donors (Lipinski definition) is 2. The summed E-state index contributed by atoms with van der Waals surface area (Å²) in [5, 5.41) is 2.92. The van der Waals surface area contributed by atoms with Gasteiger partial charge in [0.15, 0.2) is 0 Å². The van der Waals surface area contributed by atoms with E-state index in [0.29, 0.717) is 28.2 Å². The molecule has 0 atom stereocenters. The van der Waals surface area contributed by atoms with Crippen LogP contribution < -0.4 is 5.32 Å². The summed E-state index contributed by atoms with van der Waals surface area (Å²) < 4.78 is 29.6. The standard InChI is InChI=1S/C21H15ClF2N4O/c1-3-19(29)26-13-4-12-7-17(11-5-15(23)20(22)16(24)6-11)27-21(12)14(8-13)18-9-28(2)10-25-18/h3-10,27H,1H2,2H3,(H,26,29). The molecule has 0 aliphatic rings. The second-order valence-electron chi connectivity index (χ2n) is 6.54. The second kappa shape index (κ2) is 7.18. The summed E-state index contributed by atoms with van der Waals surface area (Å²) in [5.41, 5.74) is 3.47. The van der Waals surface area contributed by atoms with Gasteiger partial charge in [-0.3, -0.25) is 4.79 Å². The SMILES string of the molecule is C=CC(=O)Nc1cc(-c2cn(C)cn2)c2[nH]c(-c3cc(F)c(Cl)c(F)c3)cc2c1. The summed E-state index contributed by atoms with van der Waals surface area (Å²) in [5.74, 6) is -2.04. The highest BCUT2D eigenvalue weighted by molar-refractivity contribution is 6.31. The van der Waals surface area contributed by atoms with E-state index in [9.17, 15) is 13.6 Å². The van der Waals surface area contributed by atoms with Crippen molar-refractivity contribution >= 4 is 34.1 Å².